The van der Waals surface area contributed by atoms with Crippen molar-refractivity contribution in [3.63, 3.8) is 0 Å². The summed E-state index contributed by atoms with van der Waals surface area (Å²) < 4.78 is 27.3. The molecule has 1 saturated heterocycles. The van der Waals surface area contributed by atoms with E-state index in [1.165, 1.54) is 18.2 Å². The van der Waals surface area contributed by atoms with Crippen LogP contribution >= 0.6 is 11.6 Å². The van der Waals surface area contributed by atoms with E-state index >= 15 is 0 Å². The van der Waals surface area contributed by atoms with Gasteiger partial charge in [-0.2, -0.15) is 0 Å². The molecule has 0 spiro atoms. The topological polar surface area (TPSA) is 69.6 Å². The second kappa shape index (κ2) is 7.07. The van der Waals surface area contributed by atoms with Crippen molar-refractivity contribution < 1.29 is 13.5 Å². The Morgan fingerprint density at radius 1 is 1.48 bits per heavy atom. The van der Waals surface area contributed by atoms with Crippen LogP contribution < -0.4 is 4.72 Å². The molecule has 1 aromatic rings. The van der Waals surface area contributed by atoms with Crippen molar-refractivity contribution in [3.05, 3.63) is 28.8 Å². The van der Waals surface area contributed by atoms with E-state index in [0.29, 0.717) is 17.1 Å². The normalized spacial score (nSPS) is 20.0. The Hall–Kier alpha value is -0.660. The van der Waals surface area contributed by atoms with E-state index < -0.39 is 10.0 Å². The zero-order valence-electron chi connectivity index (χ0n) is 12.0. The lowest BCUT2D eigenvalue weighted by atomic mass is 10.2. The molecule has 0 aliphatic carbocycles. The van der Waals surface area contributed by atoms with Crippen LogP contribution in [0.25, 0.3) is 0 Å². The summed E-state index contributed by atoms with van der Waals surface area (Å²) in [4.78, 5) is 2.42. The molecule has 21 heavy (non-hydrogen) atoms. The third-order valence-electron chi connectivity index (χ3n) is 3.91. The summed E-state index contributed by atoms with van der Waals surface area (Å²) in [5.74, 6) is 0. The third-order valence-corrected chi connectivity index (χ3v) is 5.70. The van der Waals surface area contributed by atoms with Crippen LogP contribution in [-0.4, -0.2) is 44.1 Å². The van der Waals surface area contributed by atoms with Crippen molar-refractivity contribution in [1.82, 2.24) is 9.62 Å². The highest BCUT2D eigenvalue weighted by Gasteiger charge is 2.25. The Kier molecular flexibility index (Phi) is 5.62. The number of aliphatic hydroxyl groups is 1. The molecule has 1 atom stereocenters. The minimum absolute atomic E-state index is 0.136. The van der Waals surface area contributed by atoms with Gasteiger partial charge >= 0.3 is 0 Å². The molecule has 0 radical (unpaired) electrons. The van der Waals surface area contributed by atoms with Crippen LogP contribution in [0.15, 0.2) is 23.1 Å². The van der Waals surface area contributed by atoms with Gasteiger partial charge in [0, 0.05) is 17.6 Å². The van der Waals surface area contributed by atoms with E-state index in [1.54, 1.807) is 0 Å². The Bertz CT molecular complexity index is 592. The van der Waals surface area contributed by atoms with Crippen LogP contribution in [0.1, 0.15) is 25.3 Å². The number of benzene rings is 1. The molecule has 1 unspecified atom stereocenters. The van der Waals surface area contributed by atoms with Gasteiger partial charge in [-0.25, -0.2) is 13.1 Å². The fourth-order valence-corrected chi connectivity index (χ4v) is 3.97. The van der Waals surface area contributed by atoms with Crippen LogP contribution in [0.5, 0.6) is 0 Å². The van der Waals surface area contributed by atoms with Crippen molar-refractivity contribution in [1.29, 1.82) is 0 Å². The summed E-state index contributed by atoms with van der Waals surface area (Å²) in [7, 11) is -3.58. The van der Waals surface area contributed by atoms with Gasteiger partial charge in [-0.15, -0.1) is 0 Å². The average molecular weight is 333 g/mol. The highest BCUT2D eigenvalue weighted by atomic mass is 35.5. The van der Waals surface area contributed by atoms with Gasteiger partial charge in [-0.3, -0.25) is 4.90 Å². The average Bonchev–Trinajstić information content (AvgIpc) is 2.93. The zero-order chi connectivity index (χ0) is 15.5. The lowest BCUT2D eigenvalue weighted by Gasteiger charge is -2.22. The highest BCUT2D eigenvalue weighted by molar-refractivity contribution is 7.89. The number of halogens is 1. The lowest BCUT2D eigenvalue weighted by Crippen LogP contribution is -2.40. The summed E-state index contributed by atoms with van der Waals surface area (Å²) >= 11 is 5.88. The molecule has 1 aromatic carbocycles. The van der Waals surface area contributed by atoms with Crippen LogP contribution in [0.3, 0.4) is 0 Å². The predicted octanol–water partition coefficient (Wildman–Crippen LogP) is 1.59. The van der Waals surface area contributed by atoms with Crippen molar-refractivity contribution in [2.75, 3.05) is 19.6 Å². The van der Waals surface area contributed by atoms with Crippen LogP contribution in [0.4, 0.5) is 0 Å². The maximum Gasteiger partial charge on any atom is 0.240 e. The van der Waals surface area contributed by atoms with E-state index in [1.807, 2.05) is 0 Å². The first-order valence-electron chi connectivity index (χ1n) is 7.11. The number of nitrogens with zero attached hydrogens (tertiary/aromatic N) is 1. The van der Waals surface area contributed by atoms with Crippen LogP contribution in [0.2, 0.25) is 5.02 Å². The smallest absolute Gasteiger partial charge is 0.240 e. The molecule has 5 nitrogen and oxygen atoms in total. The van der Waals surface area contributed by atoms with Crippen LogP contribution in [-0.2, 0) is 16.6 Å². The molecule has 2 rings (SSSR count). The van der Waals surface area contributed by atoms with Gasteiger partial charge in [0.25, 0.3) is 0 Å². The van der Waals surface area contributed by atoms with E-state index in [4.69, 9.17) is 11.6 Å². The van der Waals surface area contributed by atoms with Crippen molar-refractivity contribution in [2.24, 2.45) is 0 Å². The Morgan fingerprint density at radius 3 is 2.90 bits per heavy atom. The second-order valence-electron chi connectivity index (χ2n) is 5.19. The first-order valence-corrected chi connectivity index (χ1v) is 8.97. The Balaban J connectivity index is 2.08. The fourth-order valence-electron chi connectivity index (χ4n) is 2.67. The molecule has 0 aromatic heterocycles. The molecule has 2 N–H and O–H groups in total. The molecule has 0 amide bonds. The van der Waals surface area contributed by atoms with E-state index in [-0.39, 0.29) is 17.5 Å². The number of likely N-dealkylation sites (N-methyl/N-ethyl adjacent to an activating group) is 1. The summed E-state index contributed by atoms with van der Waals surface area (Å²) in [6.07, 6.45) is 2.12. The number of aliphatic hydroxyl groups excluding tert-OH is 1. The van der Waals surface area contributed by atoms with E-state index in [0.717, 1.165) is 25.9 Å². The number of likely N-dealkylation sites (tertiary alicyclic amines) is 1. The number of hydrogen-bond donors (Lipinski definition) is 2. The molecule has 1 aliphatic heterocycles. The van der Waals surface area contributed by atoms with Gasteiger partial charge < -0.3 is 5.11 Å². The molecule has 7 heteroatoms. The minimum Gasteiger partial charge on any atom is -0.392 e. The molecule has 0 saturated carbocycles. The summed E-state index contributed by atoms with van der Waals surface area (Å²) in [6, 6.07) is 4.62. The Morgan fingerprint density at radius 2 is 2.24 bits per heavy atom. The second-order valence-corrected chi connectivity index (χ2v) is 7.36. The summed E-state index contributed by atoms with van der Waals surface area (Å²) in [5, 5.41) is 9.54. The molecule has 1 fully saturated rings. The molecule has 118 valence electrons. The maximum atomic E-state index is 12.3. The first kappa shape index (κ1) is 16.7. The largest absolute Gasteiger partial charge is 0.392 e. The standard InChI is InChI=1S/C14H21ClN2O3S/c1-2-17-7-3-4-12(17)9-16-21(19,20)13-5-6-14(15)11(8-13)10-18/h5-6,8,12,16,18H,2-4,7,9-10H2,1H3. The molecule has 1 aliphatic rings. The monoisotopic (exact) mass is 332 g/mol. The molecular formula is C14H21ClN2O3S. The number of rotatable bonds is 6. The summed E-state index contributed by atoms with van der Waals surface area (Å²) in [5.41, 5.74) is 0.413. The molecule has 1 heterocycles. The minimum atomic E-state index is -3.58. The number of sulfonamides is 1. The van der Waals surface area contributed by atoms with Crippen LogP contribution in [0, 0.1) is 0 Å². The molecular weight excluding hydrogens is 312 g/mol. The number of nitrogens with one attached hydrogen (secondary N) is 1. The van der Waals surface area contributed by atoms with Gasteiger partial charge in [0.2, 0.25) is 10.0 Å². The first-order chi connectivity index (χ1) is 9.97. The van der Waals surface area contributed by atoms with Gasteiger partial charge in [0.1, 0.15) is 0 Å². The number of hydrogen-bond acceptors (Lipinski definition) is 4. The van der Waals surface area contributed by atoms with Crippen molar-refractivity contribution >= 4 is 21.6 Å². The van der Waals surface area contributed by atoms with Crippen molar-refractivity contribution in [2.45, 2.75) is 37.3 Å². The lowest BCUT2D eigenvalue weighted by molar-refractivity contribution is 0.268. The summed E-state index contributed by atoms with van der Waals surface area (Å²) in [6.45, 7) is 4.17. The van der Waals surface area contributed by atoms with Gasteiger partial charge in [-0.1, -0.05) is 18.5 Å². The van der Waals surface area contributed by atoms with Gasteiger partial charge in [0.15, 0.2) is 0 Å². The van der Waals surface area contributed by atoms with Gasteiger partial charge in [0.05, 0.1) is 11.5 Å². The zero-order valence-corrected chi connectivity index (χ0v) is 13.6. The quantitative estimate of drug-likeness (QED) is 0.830. The fraction of sp³-hybridized carbons (Fsp3) is 0.571. The molecule has 0 bridgehead atoms. The highest BCUT2D eigenvalue weighted by Crippen LogP contribution is 2.21. The van der Waals surface area contributed by atoms with Gasteiger partial charge in [-0.05, 0) is 49.7 Å². The SMILES string of the molecule is CCN1CCCC1CNS(=O)(=O)c1ccc(Cl)c(CO)c1. The van der Waals surface area contributed by atoms with Crippen molar-refractivity contribution in [3.8, 4) is 0 Å². The third kappa shape index (κ3) is 3.96. The predicted molar refractivity (Wildman–Crippen MR) is 82.8 cm³/mol. The van der Waals surface area contributed by atoms with E-state index in [2.05, 4.69) is 16.5 Å². The Labute approximate surface area is 131 Å². The van der Waals surface area contributed by atoms with E-state index in [9.17, 15) is 13.5 Å². The maximum absolute atomic E-state index is 12.3.